The molecule has 0 fully saturated rings. The number of aryl methyl sites for hydroxylation is 1. The zero-order valence-corrected chi connectivity index (χ0v) is 16.7. The third-order valence-corrected chi connectivity index (χ3v) is 4.77. The highest BCUT2D eigenvalue weighted by atomic mass is 35.5. The van der Waals surface area contributed by atoms with Crippen molar-refractivity contribution in [3.05, 3.63) is 75.5 Å². The lowest BCUT2D eigenvalue weighted by molar-refractivity contribution is 0.659. The molecule has 0 saturated carbocycles. The van der Waals surface area contributed by atoms with Crippen LogP contribution in [0.15, 0.2) is 48.5 Å². The highest BCUT2D eigenvalue weighted by Gasteiger charge is 2.13. The first-order chi connectivity index (χ1) is 12.4. The molecule has 2 N–H and O–H groups in total. The zero-order valence-electron chi connectivity index (χ0n) is 14.4. The molecule has 7 heteroatoms. The lowest BCUT2D eigenvalue weighted by atomic mass is 10.2. The second-order valence-corrected chi connectivity index (χ2v) is 7.14. The Kier molecular flexibility index (Phi) is 5.81. The van der Waals surface area contributed by atoms with Crippen LogP contribution in [0.2, 0.25) is 10.0 Å². The van der Waals surface area contributed by atoms with E-state index >= 15 is 0 Å². The molecule has 3 rings (SSSR count). The van der Waals surface area contributed by atoms with Gasteiger partial charge in [-0.05, 0) is 55.9 Å². The molecule has 1 heterocycles. The molecule has 0 atom stereocenters. The average Bonchev–Trinajstić information content (AvgIpc) is 2.86. The summed E-state index contributed by atoms with van der Waals surface area (Å²) >= 11 is 17.5. The number of hydrogen-bond acceptors (Lipinski definition) is 2. The van der Waals surface area contributed by atoms with Crippen molar-refractivity contribution in [1.29, 1.82) is 0 Å². The van der Waals surface area contributed by atoms with Gasteiger partial charge in [-0.15, -0.1) is 0 Å². The molecular weight excluding hydrogens is 387 g/mol. The molecule has 0 amide bonds. The minimum atomic E-state index is 0.468. The van der Waals surface area contributed by atoms with Crippen molar-refractivity contribution in [2.75, 3.05) is 10.6 Å². The van der Waals surface area contributed by atoms with Gasteiger partial charge in [0.25, 0.3) is 0 Å². The molecule has 0 aliphatic carbocycles. The predicted molar refractivity (Wildman–Crippen MR) is 114 cm³/mol. The SMILES string of the molecule is Cc1nn(Cc2ccc(Cl)cc2)c(C)c1NC(=S)Nc1ccccc1Cl. The molecule has 4 nitrogen and oxygen atoms in total. The summed E-state index contributed by atoms with van der Waals surface area (Å²) in [6, 6.07) is 15.2. The van der Waals surface area contributed by atoms with Crippen molar-refractivity contribution in [2.24, 2.45) is 0 Å². The van der Waals surface area contributed by atoms with Gasteiger partial charge < -0.3 is 10.6 Å². The second kappa shape index (κ2) is 8.08. The minimum absolute atomic E-state index is 0.468. The maximum atomic E-state index is 6.16. The molecule has 0 saturated heterocycles. The van der Waals surface area contributed by atoms with Crippen LogP contribution in [0.5, 0.6) is 0 Å². The molecule has 3 aromatic rings. The fourth-order valence-electron chi connectivity index (χ4n) is 2.62. The van der Waals surface area contributed by atoms with Crippen LogP contribution in [0.4, 0.5) is 11.4 Å². The highest BCUT2D eigenvalue weighted by molar-refractivity contribution is 7.80. The van der Waals surface area contributed by atoms with Crippen LogP contribution < -0.4 is 10.6 Å². The molecule has 0 radical (unpaired) electrons. The molecule has 0 spiro atoms. The lowest BCUT2D eigenvalue weighted by Crippen LogP contribution is -2.20. The van der Waals surface area contributed by atoms with Crippen LogP contribution in [-0.4, -0.2) is 14.9 Å². The fourth-order valence-corrected chi connectivity index (χ4v) is 3.15. The Morgan fingerprint density at radius 1 is 1.04 bits per heavy atom. The largest absolute Gasteiger partial charge is 0.331 e. The number of hydrogen-bond donors (Lipinski definition) is 2. The normalized spacial score (nSPS) is 10.6. The highest BCUT2D eigenvalue weighted by Crippen LogP contribution is 2.23. The predicted octanol–water partition coefficient (Wildman–Crippen LogP) is 5.66. The number of anilines is 2. The van der Waals surface area contributed by atoms with Gasteiger partial charge >= 0.3 is 0 Å². The molecular formula is C19H18Cl2N4S. The van der Waals surface area contributed by atoms with Crippen molar-refractivity contribution < 1.29 is 0 Å². The van der Waals surface area contributed by atoms with Crippen molar-refractivity contribution >= 4 is 51.9 Å². The van der Waals surface area contributed by atoms with E-state index in [1.54, 1.807) is 0 Å². The smallest absolute Gasteiger partial charge is 0.175 e. The van der Waals surface area contributed by atoms with Crippen LogP contribution in [-0.2, 0) is 6.54 Å². The van der Waals surface area contributed by atoms with Crippen LogP contribution in [0.1, 0.15) is 17.0 Å². The topological polar surface area (TPSA) is 41.9 Å². The van der Waals surface area contributed by atoms with Gasteiger partial charge in [0.05, 0.1) is 34.3 Å². The van der Waals surface area contributed by atoms with Crippen molar-refractivity contribution in [3.8, 4) is 0 Å². The van der Waals surface area contributed by atoms with Crippen molar-refractivity contribution in [3.63, 3.8) is 0 Å². The maximum absolute atomic E-state index is 6.16. The van der Waals surface area contributed by atoms with Gasteiger partial charge in [0, 0.05) is 5.02 Å². The number of para-hydroxylation sites is 1. The van der Waals surface area contributed by atoms with Gasteiger partial charge in [-0.25, -0.2) is 0 Å². The Bertz CT molecular complexity index is 935. The van der Waals surface area contributed by atoms with Crippen LogP contribution in [0.25, 0.3) is 0 Å². The molecule has 26 heavy (non-hydrogen) atoms. The zero-order chi connectivity index (χ0) is 18.7. The first-order valence-electron chi connectivity index (χ1n) is 8.05. The van der Waals surface area contributed by atoms with E-state index in [0.29, 0.717) is 16.7 Å². The van der Waals surface area contributed by atoms with Gasteiger partial charge in [0.1, 0.15) is 0 Å². The van der Waals surface area contributed by atoms with E-state index in [9.17, 15) is 0 Å². The summed E-state index contributed by atoms with van der Waals surface area (Å²) in [5, 5.41) is 12.8. The number of halogens is 2. The molecule has 134 valence electrons. The summed E-state index contributed by atoms with van der Waals surface area (Å²) < 4.78 is 1.94. The summed E-state index contributed by atoms with van der Waals surface area (Å²) in [6.07, 6.45) is 0. The standard InChI is InChI=1S/C19H18Cl2N4S/c1-12-18(23-19(26)22-17-6-4-3-5-16(17)21)13(2)25(24-12)11-14-7-9-15(20)10-8-14/h3-10H,11H2,1-2H3,(H2,22,23,26). The number of aromatic nitrogens is 2. The van der Waals surface area contributed by atoms with E-state index in [4.69, 9.17) is 35.4 Å². The Morgan fingerprint density at radius 2 is 1.73 bits per heavy atom. The Labute approximate surface area is 168 Å². The van der Waals surface area contributed by atoms with E-state index in [1.807, 2.05) is 67.1 Å². The maximum Gasteiger partial charge on any atom is 0.175 e. The number of rotatable bonds is 4. The monoisotopic (exact) mass is 404 g/mol. The minimum Gasteiger partial charge on any atom is -0.331 e. The van der Waals surface area contributed by atoms with Crippen LogP contribution >= 0.6 is 35.4 Å². The molecule has 0 aliphatic rings. The van der Waals surface area contributed by atoms with E-state index in [2.05, 4.69) is 15.7 Å². The summed E-state index contributed by atoms with van der Waals surface area (Å²) in [7, 11) is 0. The quantitative estimate of drug-likeness (QED) is 0.550. The molecule has 0 unspecified atom stereocenters. The lowest BCUT2D eigenvalue weighted by Gasteiger charge is -2.12. The number of nitrogens with one attached hydrogen (secondary N) is 2. The van der Waals surface area contributed by atoms with Crippen LogP contribution in [0.3, 0.4) is 0 Å². The summed E-state index contributed by atoms with van der Waals surface area (Å²) in [5.41, 5.74) is 4.66. The number of thiocarbonyl (C=S) groups is 1. The third kappa shape index (κ3) is 4.36. The molecule has 0 bridgehead atoms. The average molecular weight is 405 g/mol. The molecule has 1 aromatic heterocycles. The van der Waals surface area contributed by atoms with Crippen LogP contribution in [0, 0.1) is 13.8 Å². The molecule has 0 aliphatic heterocycles. The second-order valence-electron chi connectivity index (χ2n) is 5.89. The van der Waals surface area contributed by atoms with Crippen molar-refractivity contribution in [1.82, 2.24) is 9.78 Å². The summed E-state index contributed by atoms with van der Waals surface area (Å²) in [4.78, 5) is 0. The van der Waals surface area contributed by atoms with E-state index in [-0.39, 0.29) is 0 Å². The Balaban J connectivity index is 1.74. The Hall–Kier alpha value is -2.08. The van der Waals surface area contributed by atoms with E-state index < -0.39 is 0 Å². The van der Waals surface area contributed by atoms with E-state index in [1.165, 1.54) is 0 Å². The third-order valence-electron chi connectivity index (χ3n) is 3.99. The summed E-state index contributed by atoms with van der Waals surface area (Å²) in [5.74, 6) is 0. The Morgan fingerprint density at radius 3 is 2.42 bits per heavy atom. The van der Waals surface area contributed by atoms with Gasteiger partial charge in [-0.2, -0.15) is 5.10 Å². The first kappa shape index (κ1) is 18.7. The van der Waals surface area contributed by atoms with Gasteiger partial charge in [-0.1, -0.05) is 47.5 Å². The summed E-state index contributed by atoms with van der Waals surface area (Å²) in [6.45, 7) is 4.62. The van der Waals surface area contributed by atoms with Gasteiger partial charge in [-0.3, -0.25) is 4.68 Å². The first-order valence-corrected chi connectivity index (χ1v) is 9.21. The molecule has 2 aromatic carbocycles. The van der Waals surface area contributed by atoms with Gasteiger partial charge in [0.15, 0.2) is 5.11 Å². The van der Waals surface area contributed by atoms with Gasteiger partial charge in [0.2, 0.25) is 0 Å². The number of benzene rings is 2. The number of nitrogens with zero attached hydrogens (tertiary/aromatic N) is 2. The van der Waals surface area contributed by atoms with Crippen molar-refractivity contribution in [2.45, 2.75) is 20.4 Å². The fraction of sp³-hybridized carbons (Fsp3) is 0.158. The van der Waals surface area contributed by atoms with E-state index in [0.717, 1.165) is 33.3 Å².